The highest BCUT2D eigenvalue weighted by atomic mass is 35.5. The van der Waals surface area contributed by atoms with Crippen molar-refractivity contribution in [2.45, 2.75) is 46.2 Å². The van der Waals surface area contributed by atoms with Gasteiger partial charge in [0.05, 0.1) is 6.20 Å². The quantitative estimate of drug-likeness (QED) is 0.833. The first kappa shape index (κ1) is 16.1. The third-order valence-electron chi connectivity index (χ3n) is 3.69. The standard InChI is InChI=1S/C17H24ClN3/c1-4-9-19-16(10-14-11-20-21(5-2)12-14)15-8-6-7-13(3)17(15)18/h6-8,11-12,16,19H,4-5,9-10H2,1-3H3. The lowest BCUT2D eigenvalue weighted by Crippen LogP contribution is -2.24. The predicted octanol–water partition coefficient (Wildman–Crippen LogP) is 4.15. The second kappa shape index (κ2) is 7.62. The van der Waals surface area contributed by atoms with Crippen molar-refractivity contribution in [2.24, 2.45) is 0 Å². The zero-order valence-electron chi connectivity index (χ0n) is 13.1. The zero-order chi connectivity index (χ0) is 15.2. The summed E-state index contributed by atoms with van der Waals surface area (Å²) in [4.78, 5) is 0. The average Bonchev–Trinajstić information content (AvgIpc) is 2.94. The van der Waals surface area contributed by atoms with Crippen LogP contribution in [0.3, 0.4) is 0 Å². The molecule has 0 spiro atoms. The van der Waals surface area contributed by atoms with Crippen LogP contribution in [-0.4, -0.2) is 16.3 Å². The molecule has 0 bridgehead atoms. The molecule has 4 heteroatoms. The molecule has 1 unspecified atom stereocenters. The van der Waals surface area contributed by atoms with Gasteiger partial charge < -0.3 is 5.32 Å². The number of aryl methyl sites for hydroxylation is 2. The number of rotatable bonds is 7. The van der Waals surface area contributed by atoms with Crippen molar-refractivity contribution in [1.82, 2.24) is 15.1 Å². The second-order valence-corrected chi connectivity index (χ2v) is 5.77. The lowest BCUT2D eigenvalue weighted by atomic mass is 9.98. The molecule has 2 rings (SSSR count). The van der Waals surface area contributed by atoms with E-state index in [1.165, 1.54) is 11.1 Å². The third kappa shape index (κ3) is 4.08. The van der Waals surface area contributed by atoms with E-state index < -0.39 is 0 Å². The molecule has 0 fully saturated rings. The van der Waals surface area contributed by atoms with Gasteiger partial charge in [-0.3, -0.25) is 4.68 Å². The van der Waals surface area contributed by atoms with Crippen molar-refractivity contribution in [2.75, 3.05) is 6.54 Å². The Kier molecular flexibility index (Phi) is 5.83. The van der Waals surface area contributed by atoms with E-state index in [4.69, 9.17) is 11.6 Å². The molecule has 0 saturated carbocycles. The molecule has 3 nitrogen and oxygen atoms in total. The van der Waals surface area contributed by atoms with Crippen molar-refractivity contribution >= 4 is 11.6 Å². The molecular formula is C17H24ClN3. The van der Waals surface area contributed by atoms with Gasteiger partial charge in [-0.1, -0.05) is 36.7 Å². The number of benzene rings is 1. The molecule has 1 atom stereocenters. The topological polar surface area (TPSA) is 29.9 Å². The van der Waals surface area contributed by atoms with Crippen LogP contribution in [0.25, 0.3) is 0 Å². The largest absolute Gasteiger partial charge is 0.310 e. The van der Waals surface area contributed by atoms with Crippen molar-refractivity contribution < 1.29 is 0 Å². The summed E-state index contributed by atoms with van der Waals surface area (Å²) < 4.78 is 1.96. The Morgan fingerprint density at radius 3 is 2.81 bits per heavy atom. The summed E-state index contributed by atoms with van der Waals surface area (Å²) in [5, 5.41) is 8.84. The first-order valence-electron chi connectivity index (χ1n) is 7.65. The maximum atomic E-state index is 6.50. The van der Waals surface area contributed by atoms with Gasteiger partial charge >= 0.3 is 0 Å². The van der Waals surface area contributed by atoms with E-state index >= 15 is 0 Å². The molecule has 114 valence electrons. The second-order valence-electron chi connectivity index (χ2n) is 5.39. The minimum atomic E-state index is 0.229. The van der Waals surface area contributed by atoms with Crippen molar-refractivity contribution in [3.63, 3.8) is 0 Å². The fraction of sp³-hybridized carbons (Fsp3) is 0.471. The molecule has 0 saturated heterocycles. The summed E-state index contributed by atoms with van der Waals surface area (Å²) in [7, 11) is 0. The van der Waals surface area contributed by atoms with Crippen LogP contribution in [0.1, 0.15) is 43.0 Å². The highest BCUT2D eigenvalue weighted by Gasteiger charge is 2.16. The number of nitrogens with one attached hydrogen (secondary N) is 1. The van der Waals surface area contributed by atoms with E-state index in [0.29, 0.717) is 0 Å². The molecule has 0 aliphatic heterocycles. The van der Waals surface area contributed by atoms with E-state index in [1.807, 2.05) is 10.9 Å². The van der Waals surface area contributed by atoms with E-state index in [9.17, 15) is 0 Å². The van der Waals surface area contributed by atoms with Crippen LogP contribution >= 0.6 is 11.6 Å². The summed E-state index contributed by atoms with van der Waals surface area (Å²) in [5.74, 6) is 0. The number of hydrogen-bond donors (Lipinski definition) is 1. The van der Waals surface area contributed by atoms with E-state index in [1.54, 1.807) is 0 Å². The van der Waals surface area contributed by atoms with Crippen LogP contribution in [-0.2, 0) is 13.0 Å². The molecule has 0 aliphatic rings. The maximum absolute atomic E-state index is 6.50. The highest BCUT2D eigenvalue weighted by Crippen LogP contribution is 2.28. The number of aromatic nitrogens is 2. The Balaban J connectivity index is 2.23. The smallest absolute Gasteiger partial charge is 0.0522 e. The van der Waals surface area contributed by atoms with Crippen LogP contribution in [0.2, 0.25) is 5.02 Å². The summed E-state index contributed by atoms with van der Waals surface area (Å²) in [6, 6.07) is 6.48. The summed E-state index contributed by atoms with van der Waals surface area (Å²) in [6.45, 7) is 8.21. The lowest BCUT2D eigenvalue weighted by molar-refractivity contribution is 0.529. The first-order valence-corrected chi connectivity index (χ1v) is 8.03. The Bertz CT molecular complexity index is 577. The molecule has 1 aromatic carbocycles. The predicted molar refractivity (Wildman–Crippen MR) is 88.8 cm³/mol. The van der Waals surface area contributed by atoms with Crippen molar-refractivity contribution in [3.05, 3.63) is 52.3 Å². The third-order valence-corrected chi connectivity index (χ3v) is 4.20. The van der Waals surface area contributed by atoms with Gasteiger partial charge in [-0.05, 0) is 49.9 Å². The van der Waals surface area contributed by atoms with Crippen LogP contribution in [0.4, 0.5) is 0 Å². The first-order chi connectivity index (χ1) is 10.2. The molecule has 1 heterocycles. The average molecular weight is 306 g/mol. The Hall–Kier alpha value is -1.32. The van der Waals surface area contributed by atoms with Gasteiger partial charge in [0.1, 0.15) is 0 Å². The number of nitrogens with zero attached hydrogens (tertiary/aromatic N) is 2. The van der Waals surface area contributed by atoms with Crippen molar-refractivity contribution in [1.29, 1.82) is 0 Å². The SMILES string of the molecule is CCCNC(Cc1cnn(CC)c1)c1cccc(C)c1Cl. The number of hydrogen-bond acceptors (Lipinski definition) is 2. The Morgan fingerprint density at radius 2 is 2.14 bits per heavy atom. The molecule has 21 heavy (non-hydrogen) atoms. The molecule has 0 amide bonds. The van der Waals surface area contributed by atoms with Gasteiger partial charge in [0.15, 0.2) is 0 Å². The van der Waals surface area contributed by atoms with Crippen LogP contribution < -0.4 is 5.32 Å². The van der Waals surface area contributed by atoms with Gasteiger partial charge in [0.25, 0.3) is 0 Å². The molecule has 2 aromatic rings. The van der Waals surface area contributed by atoms with Crippen LogP contribution in [0.5, 0.6) is 0 Å². The molecule has 1 N–H and O–H groups in total. The minimum absolute atomic E-state index is 0.229. The molecule has 0 radical (unpaired) electrons. The fourth-order valence-corrected chi connectivity index (χ4v) is 2.73. The summed E-state index contributed by atoms with van der Waals surface area (Å²) >= 11 is 6.50. The normalized spacial score (nSPS) is 12.6. The van der Waals surface area contributed by atoms with Crippen LogP contribution in [0.15, 0.2) is 30.6 Å². The van der Waals surface area contributed by atoms with E-state index in [2.05, 4.69) is 55.6 Å². The fourth-order valence-electron chi connectivity index (χ4n) is 2.47. The lowest BCUT2D eigenvalue weighted by Gasteiger charge is -2.20. The maximum Gasteiger partial charge on any atom is 0.0522 e. The minimum Gasteiger partial charge on any atom is -0.310 e. The summed E-state index contributed by atoms with van der Waals surface area (Å²) in [6.07, 6.45) is 6.08. The summed E-state index contributed by atoms with van der Waals surface area (Å²) in [5.41, 5.74) is 3.54. The highest BCUT2D eigenvalue weighted by molar-refractivity contribution is 6.32. The Labute approximate surface area is 132 Å². The molecule has 0 aliphatic carbocycles. The van der Waals surface area contributed by atoms with Gasteiger partial charge in [0.2, 0.25) is 0 Å². The van der Waals surface area contributed by atoms with Gasteiger partial charge in [-0.15, -0.1) is 0 Å². The van der Waals surface area contributed by atoms with E-state index in [0.717, 1.165) is 36.5 Å². The van der Waals surface area contributed by atoms with Crippen LogP contribution in [0, 0.1) is 6.92 Å². The van der Waals surface area contributed by atoms with Gasteiger partial charge in [0, 0.05) is 23.8 Å². The molecular weight excluding hydrogens is 282 g/mol. The number of halogens is 1. The van der Waals surface area contributed by atoms with Gasteiger partial charge in [-0.25, -0.2) is 0 Å². The monoisotopic (exact) mass is 305 g/mol. The van der Waals surface area contributed by atoms with Crippen molar-refractivity contribution in [3.8, 4) is 0 Å². The van der Waals surface area contributed by atoms with E-state index in [-0.39, 0.29) is 6.04 Å². The zero-order valence-corrected chi connectivity index (χ0v) is 13.8. The van der Waals surface area contributed by atoms with Gasteiger partial charge in [-0.2, -0.15) is 5.10 Å². The Morgan fingerprint density at radius 1 is 1.33 bits per heavy atom. The molecule has 1 aromatic heterocycles.